The van der Waals surface area contributed by atoms with Gasteiger partial charge >= 0.3 is 0 Å². The summed E-state index contributed by atoms with van der Waals surface area (Å²) in [5.74, 6) is 0.728. The molecule has 0 saturated carbocycles. The average Bonchev–Trinajstić information content (AvgIpc) is 2.54. The molecular formula is C22H31NO2. The quantitative estimate of drug-likeness (QED) is 0.708. The minimum Gasteiger partial charge on any atom is -0.507 e. The molecule has 2 rings (SSSR count). The van der Waals surface area contributed by atoms with Gasteiger partial charge in [-0.3, -0.25) is 4.98 Å². The van der Waals surface area contributed by atoms with E-state index in [0.717, 1.165) is 46.5 Å². The van der Waals surface area contributed by atoms with Gasteiger partial charge in [-0.1, -0.05) is 59.2 Å². The molecule has 2 N–H and O–H groups in total. The Labute approximate surface area is 151 Å². The van der Waals surface area contributed by atoms with Crippen molar-refractivity contribution < 1.29 is 10.2 Å². The fourth-order valence-corrected chi connectivity index (χ4v) is 3.51. The number of rotatable bonds is 6. The van der Waals surface area contributed by atoms with Gasteiger partial charge in [0.1, 0.15) is 5.75 Å². The van der Waals surface area contributed by atoms with Crippen LogP contribution in [0.25, 0.3) is 11.1 Å². The molecular weight excluding hydrogens is 310 g/mol. The fourth-order valence-electron chi connectivity index (χ4n) is 3.51. The molecule has 0 aliphatic carbocycles. The summed E-state index contributed by atoms with van der Waals surface area (Å²) < 4.78 is 0. The normalized spacial score (nSPS) is 12.8. The molecule has 0 amide bonds. The van der Waals surface area contributed by atoms with E-state index in [-0.39, 0.29) is 17.6 Å². The summed E-state index contributed by atoms with van der Waals surface area (Å²) in [5.41, 5.74) is 5.76. The molecule has 2 aromatic rings. The van der Waals surface area contributed by atoms with Crippen LogP contribution in [-0.2, 0) is 6.42 Å². The molecule has 0 radical (unpaired) electrons. The molecule has 1 aromatic heterocycles. The van der Waals surface area contributed by atoms with E-state index >= 15 is 0 Å². The molecule has 0 unspecified atom stereocenters. The lowest BCUT2D eigenvalue weighted by Gasteiger charge is -2.26. The second kappa shape index (κ2) is 8.01. The Morgan fingerprint density at radius 3 is 2.04 bits per heavy atom. The van der Waals surface area contributed by atoms with Crippen molar-refractivity contribution in [1.29, 1.82) is 0 Å². The summed E-state index contributed by atoms with van der Waals surface area (Å²) in [5, 5.41) is 21.1. The topological polar surface area (TPSA) is 53.4 Å². The number of phenolic OH excluding ortho intramolecular Hbond substituents is 1. The smallest absolute Gasteiger partial charge is 0.123 e. The van der Waals surface area contributed by atoms with Crippen molar-refractivity contribution in [3.63, 3.8) is 0 Å². The number of hydrogen-bond donors (Lipinski definition) is 2. The van der Waals surface area contributed by atoms with Gasteiger partial charge in [0.05, 0.1) is 6.10 Å². The first-order valence-electron chi connectivity index (χ1n) is 9.32. The van der Waals surface area contributed by atoms with Crippen molar-refractivity contribution in [3.05, 3.63) is 46.8 Å². The predicted octanol–water partition coefficient (Wildman–Crippen LogP) is 5.71. The Morgan fingerprint density at radius 2 is 1.56 bits per heavy atom. The third-order valence-corrected chi connectivity index (χ3v) is 4.58. The molecule has 25 heavy (non-hydrogen) atoms. The Bertz CT molecular complexity index is 733. The molecule has 3 nitrogen and oxygen atoms in total. The number of aromatic nitrogens is 1. The number of nitrogens with zero attached hydrogens (tertiary/aromatic N) is 1. The highest BCUT2D eigenvalue weighted by Gasteiger charge is 2.26. The van der Waals surface area contributed by atoms with Crippen molar-refractivity contribution in [1.82, 2.24) is 4.98 Å². The maximum Gasteiger partial charge on any atom is 0.123 e. The Balaban J connectivity index is 2.99. The lowest BCUT2D eigenvalue weighted by atomic mass is 9.83. The van der Waals surface area contributed by atoms with Gasteiger partial charge in [0.2, 0.25) is 0 Å². The van der Waals surface area contributed by atoms with Gasteiger partial charge in [0.15, 0.2) is 0 Å². The largest absolute Gasteiger partial charge is 0.507 e. The Morgan fingerprint density at radius 1 is 0.960 bits per heavy atom. The van der Waals surface area contributed by atoms with Crippen LogP contribution in [-0.4, -0.2) is 15.2 Å². The molecule has 0 aliphatic heterocycles. The van der Waals surface area contributed by atoms with Crippen LogP contribution in [0.1, 0.15) is 88.4 Å². The van der Waals surface area contributed by atoms with Gasteiger partial charge in [-0.05, 0) is 42.4 Å². The molecule has 0 aliphatic rings. The highest BCUT2D eigenvalue weighted by molar-refractivity contribution is 5.78. The number of aliphatic hydroxyl groups is 1. The number of phenols is 1. The SMILES string of the molecule is CCCc1c(C(C)C)nc(C(C)C)c([C@@H](C)O)c1-c1ccccc1O. The van der Waals surface area contributed by atoms with Crippen LogP contribution in [0, 0.1) is 0 Å². The van der Waals surface area contributed by atoms with Crippen molar-refractivity contribution in [3.8, 4) is 16.9 Å². The molecule has 136 valence electrons. The summed E-state index contributed by atoms with van der Waals surface area (Å²) in [7, 11) is 0. The minimum atomic E-state index is -0.642. The highest BCUT2D eigenvalue weighted by Crippen LogP contribution is 2.42. The lowest BCUT2D eigenvalue weighted by molar-refractivity contribution is 0.197. The number of para-hydroxylation sites is 1. The second-order valence-electron chi connectivity index (χ2n) is 7.40. The zero-order chi connectivity index (χ0) is 18.7. The summed E-state index contributed by atoms with van der Waals surface area (Å²) in [6.45, 7) is 12.5. The van der Waals surface area contributed by atoms with E-state index < -0.39 is 6.10 Å². The van der Waals surface area contributed by atoms with Crippen LogP contribution >= 0.6 is 0 Å². The Hall–Kier alpha value is -1.87. The number of pyridine rings is 1. The monoisotopic (exact) mass is 341 g/mol. The van der Waals surface area contributed by atoms with E-state index in [2.05, 4.69) is 34.6 Å². The zero-order valence-electron chi connectivity index (χ0n) is 16.3. The van der Waals surface area contributed by atoms with Crippen LogP contribution in [0.2, 0.25) is 0 Å². The summed E-state index contributed by atoms with van der Waals surface area (Å²) in [4.78, 5) is 4.99. The minimum absolute atomic E-state index is 0.197. The molecule has 1 aromatic carbocycles. The zero-order valence-corrected chi connectivity index (χ0v) is 16.3. The first-order valence-corrected chi connectivity index (χ1v) is 9.32. The van der Waals surface area contributed by atoms with E-state index in [1.807, 2.05) is 18.2 Å². The molecule has 1 heterocycles. The standard InChI is InChI=1S/C22H31NO2/c1-7-10-17-20(16-11-8-9-12-18(16)25)19(15(6)24)22(14(4)5)23-21(17)13(2)3/h8-9,11-15,24-25H,7,10H2,1-6H3/t15-/m1/s1. The summed E-state index contributed by atoms with van der Waals surface area (Å²) in [6, 6.07) is 7.40. The summed E-state index contributed by atoms with van der Waals surface area (Å²) in [6.07, 6.45) is 1.22. The molecule has 0 fully saturated rings. The molecule has 0 spiro atoms. The van der Waals surface area contributed by atoms with Crippen molar-refractivity contribution in [2.45, 2.75) is 72.3 Å². The highest BCUT2D eigenvalue weighted by atomic mass is 16.3. The maximum absolute atomic E-state index is 10.6. The molecule has 1 atom stereocenters. The molecule has 3 heteroatoms. The van der Waals surface area contributed by atoms with E-state index in [4.69, 9.17) is 4.98 Å². The number of aliphatic hydroxyl groups excluding tert-OH is 1. The fraction of sp³-hybridized carbons (Fsp3) is 0.500. The van der Waals surface area contributed by atoms with Gasteiger partial charge in [-0.25, -0.2) is 0 Å². The first kappa shape index (κ1) is 19.5. The van der Waals surface area contributed by atoms with Gasteiger partial charge in [0.25, 0.3) is 0 Å². The van der Waals surface area contributed by atoms with E-state index in [1.54, 1.807) is 13.0 Å². The van der Waals surface area contributed by atoms with Gasteiger partial charge in [-0.15, -0.1) is 0 Å². The van der Waals surface area contributed by atoms with E-state index in [0.29, 0.717) is 0 Å². The van der Waals surface area contributed by atoms with Crippen LogP contribution in [0.5, 0.6) is 5.75 Å². The third kappa shape index (κ3) is 3.87. The first-order chi connectivity index (χ1) is 11.8. The number of aromatic hydroxyl groups is 1. The maximum atomic E-state index is 10.6. The van der Waals surface area contributed by atoms with Gasteiger partial charge < -0.3 is 10.2 Å². The van der Waals surface area contributed by atoms with E-state index in [9.17, 15) is 10.2 Å². The molecule has 0 saturated heterocycles. The van der Waals surface area contributed by atoms with Crippen LogP contribution < -0.4 is 0 Å². The third-order valence-electron chi connectivity index (χ3n) is 4.58. The van der Waals surface area contributed by atoms with Crippen molar-refractivity contribution in [2.24, 2.45) is 0 Å². The van der Waals surface area contributed by atoms with Crippen molar-refractivity contribution >= 4 is 0 Å². The predicted molar refractivity (Wildman–Crippen MR) is 104 cm³/mol. The lowest BCUT2D eigenvalue weighted by Crippen LogP contribution is -2.14. The number of benzene rings is 1. The summed E-state index contributed by atoms with van der Waals surface area (Å²) >= 11 is 0. The average molecular weight is 341 g/mol. The van der Waals surface area contributed by atoms with Crippen molar-refractivity contribution in [2.75, 3.05) is 0 Å². The molecule has 0 bridgehead atoms. The Kier molecular flexibility index (Phi) is 6.23. The van der Waals surface area contributed by atoms with Crippen LogP contribution in [0.3, 0.4) is 0 Å². The number of hydrogen-bond acceptors (Lipinski definition) is 3. The second-order valence-corrected chi connectivity index (χ2v) is 7.40. The van der Waals surface area contributed by atoms with Gasteiger partial charge in [0, 0.05) is 22.5 Å². The van der Waals surface area contributed by atoms with Crippen LogP contribution in [0.15, 0.2) is 24.3 Å². The van der Waals surface area contributed by atoms with Gasteiger partial charge in [-0.2, -0.15) is 0 Å². The van der Waals surface area contributed by atoms with Crippen LogP contribution in [0.4, 0.5) is 0 Å². The van der Waals surface area contributed by atoms with E-state index in [1.165, 1.54) is 0 Å².